The van der Waals surface area contributed by atoms with Crippen LogP contribution in [0.2, 0.25) is 0 Å². The molecule has 2 aromatic carbocycles. The lowest BCUT2D eigenvalue weighted by molar-refractivity contribution is -0.120. The summed E-state index contributed by atoms with van der Waals surface area (Å²) in [6.07, 6.45) is -0.0522. The Hall–Kier alpha value is -2.48. The van der Waals surface area contributed by atoms with Crippen LogP contribution in [-0.4, -0.2) is 25.0 Å². The van der Waals surface area contributed by atoms with Crippen LogP contribution in [0.5, 0.6) is 5.75 Å². The summed E-state index contributed by atoms with van der Waals surface area (Å²) in [5.74, 6) is -1.62. The van der Waals surface area contributed by atoms with Gasteiger partial charge in [0.2, 0.25) is 5.91 Å². The summed E-state index contributed by atoms with van der Waals surface area (Å²) in [5, 5.41) is 0. The number of nitrogens with zero attached hydrogens (tertiary/aromatic N) is 1. The van der Waals surface area contributed by atoms with Gasteiger partial charge in [-0.1, -0.05) is 0 Å². The topological polar surface area (TPSA) is 72.6 Å². The molecule has 25 heavy (non-hydrogen) atoms. The number of rotatable bonds is 7. The smallest absolute Gasteiger partial charge is 0.264 e. The van der Waals surface area contributed by atoms with Gasteiger partial charge in [-0.25, -0.2) is 8.78 Å². The Labute approximate surface area is 151 Å². The molecule has 0 spiro atoms. The highest BCUT2D eigenvalue weighted by Crippen LogP contribution is 2.25. The lowest BCUT2D eigenvalue weighted by Crippen LogP contribution is -2.37. The van der Waals surface area contributed by atoms with Crippen molar-refractivity contribution in [1.82, 2.24) is 0 Å². The molecule has 0 heterocycles. The van der Waals surface area contributed by atoms with Crippen molar-refractivity contribution in [2.24, 2.45) is 5.73 Å². The van der Waals surface area contributed by atoms with E-state index in [0.29, 0.717) is 15.9 Å². The minimum absolute atomic E-state index is 0.0355. The molecule has 0 bridgehead atoms. The maximum absolute atomic E-state index is 13.1. The highest BCUT2D eigenvalue weighted by molar-refractivity contribution is 9.10. The van der Waals surface area contributed by atoms with Crippen molar-refractivity contribution >= 4 is 33.4 Å². The van der Waals surface area contributed by atoms with Crippen molar-refractivity contribution in [1.29, 1.82) is 0 Å². The zero-order chi connectivity index (χ0) is 18.4. The number of anilines is 1. The summed E-state index contributed by atoms with van der Waals surface area (Å²) in [4.78, 5) is 24.8. The number of carbonyl (C=O) groups is 2. The van der Waals surface area contributed by atoms with Crippen molar-refractivity contribution in [2.45, 2.75) is 6.42 Å². The van der Waals surface area contributed by atoms with Gasteiger partial charge in [0.25, 0.3) is 5.91 Å². The first kappa shape index (κ1) is 18.9. The van der Waals surface area contributed by atoms with E-state index in [1.807, 2.05) is 0 Å². The SMILES string of the molecule is NC(=O)CCN(C(=O)COc1ccc(F)cc1Br)c1ccc(F)cc1. The Morgan fingerprint density at radius 3 is 2.32 bits per heavy atom. The van der Waals surface area contributed by atoms with E-state index in [1.54, 1.807) is 0 Å². The number of hydrogen-bond donors (Lipinski definition) is 1. The maximum atomic E-state index is 13.1. The number of carbonyl (C=O) groups excluding carboxylic acids is 2. The lowest BCUT2D eigenvalue weighted by atomic mass is 10.2. The standard InChI is InChI=1S/C17H15BrF2N2O3/c18-14-9-12(20)3-6-15(14)25-10-17(24)22(8-7-16(21)23)13-4-1-11(19)2-5-13/h1-6,9H,7-8,10H2,(H2,21,23). The van der Waals surface area contributed by atoms with E-state index in [9.17, 15) is 18.4 Å². The number of primary amides is 1. The van der Waals surface area contributed by atoms with Gasteiger partial charge in [0, 0.05) is 18.7 Å². The molecule has 0 radical (unpaired) electrons. The minimum atomic E-state index is -0.567. The molecule has 2 rings (SSSR count). The molecule has 0 atom stereocenters. The Kier molecular flexibility index (Phi) is 6.46. The Balaban J connectivity index is 2.11. The minimum Gasteiger partial charge on any atom is -0.483 e. The number of hydrogen-bond acceptors (Lipinski definition) is 3. The van der Waals surface area contributed by atoms with Gasteiger partial charge in [-0.05, 0) is 58.4 Å². The van der Waals surface area contributed by atoms with Crippen molar-refractivity contribution in [3.8, 4) is 5.75 Å². The van der Waals surface area contributed by atoms with Gasteiger partial charge in [-0.3, -0.25) is 9.59 Å². The van der Waals surface area contributed by atoms with Crippen LogP contribution in [0.3, 0.4) is 0 Å². The van der Waals surface area contributed by atoms with Crippen LogP contribution in [0.4, 0.5) is 14.5 Å². The highest BCUT2D eigenvalue weighted by Gasteiger charge is 2.18. The van der Waals surface area contributed by atoms with Gasteiger partial charge in [0.1, 0.15) is 17.4 Å². The summed E-state index contributed by atoms with van der Waals surface area (Å²) >= 11 is 3.14. The zero-order valence-corrected chi connectivity index (χ0v) is 14.6. The monoisotopic (exact) mass is 412 g/mol. The first-order chi connectivity index (χ1) is 11.9. The third-order valence-corrected chi connectivity index (χ3v) is 3.89. The Bertz CT molecular complexity index is 769. The van der Waals surface area contributed by atoms with Gasteiger partial charge >= 0.3 is 0 Å². The number of benzene rings is 2. The summed E-state index contributed by atoms with van der Waals surface area (Å²) in [7, 11) is 0. The van der Waals surface area contributed by atoms with E-state index in [4.69, 9.17) is 10.5 Å². The summed E-state index contributed by atoms with van der Waals surface area (Å²) < 4.78 is 31.9. The number of ether oxygens (including phenoxy) is 1. The fraction of sp³-hybridized carbons (Fsp3) is 0.176. The molecule has 0 saturated heterocycles. The number of amides is 2. The Morgan fingerprint density at radius 1 is 1.08 bits per heavy atom. The maximum Gasteiger partial charge on any atom is 0.264 e. The van der Waals surface area contributed by atoms with E-state index >= 15 is 0 Å². The molecule has 0 aliphatic rings. The van der Waals surface area contributed by atoms with E-state index < -0.39 is 23.4 Å². The summed E-state index contributed by atoms with van der Waals surface area (Å²) in [5.41, 5.74) is 5.54. The zero-order valence-electron chi connectivity index (χ0n) is 13.0. The molecular formula is C17H15BrF2N2O3. The predicted molar refractivity (Wildman–Crippen MR) is 92.2 cm³/mol. The molecule has 0 aromatic heterocycles. The molecule has 0 saturated carbocycles. The average molecular weight is 413 g/mol. The molecule has 0 aliphatic carbocycles. The molecule has 5 nitrogen and oxygen atoms in total. The van der Waals surface area contributed by atoms with E-state index in [2.05, 4.69) is 15.9 Å². The van der Waals surface area contributed by atoms with Crippen LogP contribution in [0.25, 0.3) is 0 Å². The molecular weight excluding hydrogens is 398 g/mol. The van der Waals surface area contributed by atoms with Crippen molar-refractivity contribution in [3.05, 3.63) is 58.6 Å². The second-order valence-corrected chi connectivity index (χ2v) is 5.96. The van der Waals surface area contributed by atoms with Crippen molar-refractivity contribution < 1.29 is 23.1 Å². The van der Waals surface area contributed by atoms with Gasteiger partial charge < -0.3 is 15.4 Å². The third kappa shape index (κ3) is 5.53. The molecule has 2 aromatic rings. The fourth-order valence-corrected chi connectivity index (χ4v) is 2.52. The molecule has 2 amide bonds. The van der Waals surface area contributed by atoms with Crippen LogP contribution in [0.15, 0.2) is 46.9 Å². The first-order valence-corrected chi connectivity index (χ1v) is 8.08. The van der Waals surface area contributed by atoms with Gasteiger partial charge in [0.05, 0.1) is 4.47 Å². The molecule has 132 valence electrons. The van der Waals surface area contributed by atoms with Crippen LogP contribution in [0.1, 0.15) is 6.42 Å². The highest BCUT2D eigenvalue weighted by atomic mass is 79.9. The third-order valence-electron chi connectivity index (χ3n) is 3.27. The van der Waals surface area contributed by atoms with Crippen LogP contribution in [-0.2, 0) is 9.59 Å². The van der Waals surface area contributed by atoms with E-state index in [-0.39, 0.29) is 19.6 Å². The molecule has 0 unspecified atom stereocenters. The second kappa shape index (κ2) is 8.57. The van der Waals surface area contributed by atoms with Crippen LogP contribution in [0, 0.1) is 11.6 Å². The molecule has 0 fully saturated rings. The van der Waals surface area contributed by atoms with Crippen molar-refractivity contribution in [2.75, 3.05) is 18.1 Å². The summed E-state index contributed by atoms with van der Waals surface area (Å²) in [6, 6.07) is 9.05. The normalized spacial score (nSPS) is 10.4. The van der Waals surface area contributed by atoms with Gasteiger partial charge in [0.15, 0.2) is 6.61 Å². The largest absolute Gasteiger partial charge is 0.483 e. The van der Waals surface area contributed by atoms with Crippen molar-refractivity contribution in [3.63, 3.8) is 0 Å². The number of nitrogens with two attached hydrogens (primary N) is 1. The average Bonchev–Trinajstić information content (AvgIpc) is 2.55. The Morgan fingerprint density at radius 2 is 1.72 bits per heavy atom. The number of halogens is 3. The molecule has 8 heteroatoms. The lowest BCUT2D eigenvalue weighted by Gasteiger charge is -2.22. The molecule has 2 N–H and O–H groups in total. The summed E-state index contributed by atoms with van der Waals surface area (Å²) in [6.45, 7) is -0.311. The predicted octanol–water partition coefficient (Wildman–Crippen LogP) is 3.01. The van der Waals surface area contributed by atoms with Crippen LogP contribution >= 0.6 is 15.9 Å². The fourth-order valence-electron chi connectivity index (χ4n) is 2.05. The van der Waals surface area contributed by atoms with Gasteiger partial charge in [-0.15, -0.1) is 0 Å². The second-order valence-electron chi connectivity index (χ2n) is 5.10. The van der Waals surface area contributed by atoms with E-state index in [1.165, 1.54) is 47.4 Å². The molecule has 0 aliphatic heterocycles. The van der Waals surface area contributed by atoms with E-state index in [0.717, 1.165) is 0 Å². The van der Waals surface area contributed by atoms with Crippen LogP contribution < -0.4 is 15.4 Å². The first-order valence-electron chi connectivity index (χ1n) is 7.29. The van der Waals surface area contributed by atoms with Gasteiger partial charge in [-0.2, -0.15) is 0 Å². The quantitative estimate of drug-likeness (QED) is 0.759.